The lowest BCUT2D eigenvalue weighted by atomic mass is 10.2. The molecule has 0 heterocycles. The molecule has 0 unspecified atom stereocenters. The summed E-state index contributed by atoms with van der Waals surface area (Å²) in [5.74, 6) is -0.732. The number of halogens is 2. The molecule has 0 aliphatic heterocycles. The molecule has 2 nitrogen and oxygen atoms in total. The molecule has 14 heavy (non-hydrogen) atoms. The van der Waals surface area contributed by atoms with E-state index in [4.69, 9.17) is 0 Å². The first-order valence-corrected chi connectivity index (χ1v) is 4.44. The number of hydrogen-bond donors (Lipinski definition) is 1. The van der Waals surface area contributed by atoms with E-state index in [2.05, 4.69) is 5.43 Å². The molecule has 1 aliphatic carbocycles. The van der Waals surface area contributed by atoms with Crippen molar-refractivity contribution in [2.24, 2.45) is 0 Å². The summed E-state index contributed by atoms with van der Waals surface area (Å²) in [4.78, 5) is 0. The molecule has 0 aromatic carbocycles. The lowest BCUT2D eigenvalue weighted by Crippen LogP contribution is -2.32. The molecule has 0 atom stereocenters. The molecule has 0 bridgehead atoms. The highest BCUT2D eigenvalue weighted by Gasteiger charge is 2.10. The molecule has 0 radical (unpaired) electrons. The Kier molecular flexibility index (Phi) is 3.98. The standard InChI is InChI=1S/C10H14F2N2/c1-13-14(2)7-8-6-9(11)4-3-5-10(8)12/h4-6,13H,3,7H2,1-2H3. The van der Waals surface area contributed by atoms with Crippen molar-refractivity contribution in [1.29, 1.82) is 0 Å². The van der Waals surface area contributed by atoms with E-state index in [9.17, 15) is 8.78 Å². The van der Waals surface area contributed by atoms with Crippen molar-refractivity contribution in [3.8, 4) is 0 Å². The van der Waals surface area contributed by atoms with Crippen LogP contribution in [0.25, 0.3) is 0 Å². The predicted molar refractivity (Wildman–Crippen MR) is 52.8 cm³/mol. The fourth-order valence-electron chi connectivity index (χ4n) is 1.16. The van der Waals surface area contributed by atoms with Crippen molar-refractivity contribution in [3.63, 3.8) is 0 Å². The van der Waals surface area contributed by atoms with Crippen molar-refractivity contribution < 1.29 is 8.78 Å². The van der Waals surface area contributed by atoms with Crippen LogP contribution in [0.4, 0.5) is 8.78 Å². The summed E-state index contributed by atoms with van der Waals surface area (Å²) in [5.41, 5.74) is 3.18. The van der Waals surface area contributed by atoms with E-state index in [0.29, 0.717) is 18.5 Å². The van der Waals surface area contributed by atoms with Gasteiger partial charge in [-0.1, -0.05) is 0 Å². The van der Waals surface area contributed by atoms with Gasteiger partial charge in [-0.3, -0.25) is 5.43 Å². The second-order valence-corrected chi connectivity index (χ2v) is 3.13. The third kappa shape index (κ3) is 3.05. The summed E-state index contributed by atoms with van der Waals surface area (Å²) < 4.78 is 26.3. The Hall–Kier alpha value is -1.00. The van der Waals surface area contributed by atoms with Gasteiger partial charge in [0.25, 0.3) is 0 Å². The highest BCUT2D eigenvalue weighted by molar-refractivity contribution is 5.35. The Morgan fingerprint density at radius 3 is 2.79 bits per heavy atom. The average molecular weight is 200 g/mol. The molecule has 0 amide bonds. The van der Waals surface area contributed by atoms with Crippen molar-refractivity contribution in [1.82, 2.24) is 10.4 Å². The molecule has 0 aromatic rings. The quantitative estimate of drug-likeness (QED) is 0.702. The van der Waals surface area contributed by atoms with E-state index in [1.165, 1.54) is 18.2 Å². The van der Waals surface area contributed by atoms with Gasteiger partial charge in [-0.05, 0) is 31.7 Å². The molecule has 1 N–H and O–H groups in total. The van der Waals surface area contributed by atoms with E-state index in [-0.39, 0.29) is 11.7 Å². The summed E-state index contributed by atoms with van der Waals surface area (Å²) in [6, 6.07) is 0. The number of allylic oxidation sites excluding steroid dienone is 4. The van der Waals surface area contributed by atoms with Crippen LogP contribution in [0.1, 0.15) is 6.42 Å². The SMILES string of the molecule is CNN(C)CC1=CC(F)=CCC=C1F. The predicted octanol–water partition coefficient (Wildman–Crippen LogP) is 2.09. The molecule has 0 fully saturated rings. The molecular formula is C10H14F2N2. The zero-order chi connectivity index (χ0) is 10.6. The largest absolute Gasteiger partial charge is 0.258 e. The summed E-state index contributed by atoms with van der Waals surface area (Å²) in [7, 11) is 3.49. The lowest BCUT2D eigenvalue weighted by molar-refractivity contribution is 0.281. The number of hydrogen-bond acceptors (Lipinski definition) is 2. The van der Waals surface area contributed by atoms with Crippen LogP contribution in [0, 0.1) is 0 Å². The molecule has 0 saturated heterocycles. The second-order valence-electron chi connectivity index (χ2n) is 3.13. The van der Waals surface area contributed by atoms with E-state index in [0.717, 1.165) is 0 Å². The van der Waals surface area contributed by atoms with Crippen LogP contribution in [0.2, 0.25) is 0 Å². The van der Waals surface area contributed by atoms with Gasteiger partial charge in [0.1, 0.15) is 11.7 Å². The van der Waals surface area contributed by atoms with Crippen LogP contribution < -0.4 is 5.43 Å². The maximum Gasteiger partial charge on any atom is 0.124 e. The van der Waals surface area contributed by atoms with Gasteiger partial charge in [0.15, 0.2) is 0 Å². The van der Waals surface area contributed by atoms with E-state index < -0.39 is 0 Å². The number of rotatable bonds is 3. The van der Waals surface area contributed by atoms with Crippen LogP contribution in [-0.4, -0.2) is 25.6 Å². The molecule has 1 rings (SSSR count). The van der Waals surface area contributed by atoms with Gasteiger partial charge >= 0.3 is 0 Å². The fraction of sp³-hybridized carbons (Fsp3) is 0.400. The van der Waals surface area contributed by atoms with Gasteiger partial charge in [-0.25, -0.2) is 13.8 Å². The number of likely N-dealkylation sites (N-methyl/N-ethyl adjacent to an activating group) is 1. The van der Waals surface area contributed by atoms with E-state index >= 15 is 0 Å². The minimum Gasteiger partial charge on any atom is -0.258 e. The minimum atomic E-state index is -0.381. The number of hydrazine groups is 1. The van der Waals surface area contributed by atoms with Crippen molar-refractivity contribution in [2.75, 3.05) is 20.6 Å². The zero-order valence-electron chi connectivity index (χ0n) is 8.35. The topological polar surface area (TPSA) is 15.3 Å². The highest BCUT2D eigenvalue weighted by Crippen LogP contribution is 2.20. The molecule has 1 aliphatic rings. The van der Waals surface area contributed by atoms with Crippen LogP contribution in [0.15, 0.2) is 35.5 Å². The smallest absolute Gasteiger partial charge is 0.124 e. The Bertz CT molecular complexity index is 292. The second kappa shape index (κ2) is 5.02. The van der Waals surface area contributed by atoms with Gasteiger partial charge in [0, 0.05) is 19.2 Å². The molecule has 78 valence electrons. The number of nitrogens with one attached hydrogen (secondary N) is 1. The Morgan fingerprint density at radius 2 is 2.14 bits per heavy atom. The minimum absolute atomic E-state index is 0.306. The molecule has 0 spiro atoms. The van der Waals surface area contributed by atoms with Crippen LogP contribution in [-0.2, 0) is 0 Å². The summed E-state index contributed by atoms with van der Waals surface area (Å²) >= 11 is 0. The summed E-state index contributed by atoms with van der Waals surface area (Å²) in [6.45, 7) is 0.333. The van der Waals surface area contributed by atoms with Gasteiger partial charge in [0.2, 0.25) is 0 Å². The van der Waals surface area contributed by atoms with Crippen molar-refractivity contribution in [2.45, 2.75) is 6.42 Å². The maximum absolute atomic E-state index is 13.3. The van der Waals surface area contributed by atoms with E-state index in [1.54, 1.807) is 19.1 Å². The monoisotopic (exact) mass is 200 g/mol. The normalized spacial score (nSPS) is 17.4. The molecule has 0 aromatic heterocycles. The van der Waals surface area contributed by atoms with Crippen LogP contribution in [0.5, 0.6) is 0 Å². The molecule has 0 saturated carbocycles. The van der Waals surface area contributed by atoms with Gasteiger partial charge in [0.05, 0.1) is 0 Å². The third-order valence-electron chi connectivity index (χ3n) is 2.02. The first kappa shape index (κ1) is 11.1. The fourth-order valence-corrected chi connectivity index (χ4v) is 1.16. The third-order valence-corrected chi connectivity index (χ3v) is 2.02. The van der Waals surface area contributed by atoms with Crippen molar-refractivity contribution >= 4 is 0 Å². The maximum atomic E-state index is 13.3. The van der Waals surface area contributed by atoms with Gasteiger partial charge in [-0.15, -0.1) is 0 Å². The van der Waals surface area contributed by atoms with Crippen LogP contribution in [0.3, 0.4) is 0 Å². The Balaban J connectivity index is 2.77. The first-order valence-electron chi connectivity index (χ1n) is 4.44. The molecular weight excluding hydrogens is 186 g/mol. The Labute approximate surface area is 82.6 Å². The summed E-state index contributed by atoms with van der Waals surface area (Å²) in [6.07, 6.45) is 4.27. The van der Waals surface area contributed by atoms with Crippen LogP contribution >= 0.6 is 0 Å². The summed E-state index contributed by atoms with van der Waals surface area (Å²) in [5, 5.41) is 1.68. The molecule has 4 heteroatoms. The van der Waals surface area contributed by atoms with Gasteiger partial charge < -0.3 is 0 Å². The zero-order valence-corrected chi connectivity index (χ0v) is 8.35. The lowest BCUT2D eigenvalue weighted by Gasteiger charge is -2.15. The van der Waals surface area contributed by atoms with Crippen molar-refractivity contribution in [3.05, 3.63) is 35.5 Å². The highest BCUT2D eigenvalue weighted by atomic mass is 19.1. The first-order chi connectivity index (χ1) is 6.63. The number of nitrogens with zero attached hydrogens (tertiary/aromatic N) is 1. The van der Waals surface area contributed by atoms with Gasteiger partial charge in [-0.2, -0.15) is 0 Å². The Morgan fingerprint density at radius 1 is 1.43 bits per heavy atom. The van der Waals surface area contributed by atoms with E-state index in [1.807, 2.05) is 0 Å². The average Bonchev–Trinajstić information content (AvgIpc) is 2.29.